The first-order valence-corrected chi connectivity index (χ1v) is 7.49. The minimum absolute atomic E-state index is 0. The van der Waals surface area contributed by atoms with E-state index in [-0.39, 0.29) is 30.2 Å². The predicted octanol–water partition coefficient (Wildman–Crippen LogP) is 1.18. The van der Waals surface area contributed by atoms with Crippen LogP contribution < -0.4 is 11.1 Å². The van der Waals surface area contributed by atoms with Gasteiger partial charge in [-0.2, -0.15) is 0 Å². The van der Waals surface area contributed by atoms with Crippen LogP contribution in [0.1, 0.15) is 30.8 Å². The molecule has 7 nitrogen and oxygen atoms in total. The zero-order valence-electron chi connectivity index (χ0n) is 13.6. The molecule has 0 aliphatic rings. The lowest BCUT2D eigenvalue weighted by Crippen LogP contribution is -2.37. The van der Waals surface area contributed by atoms with Crippen LogP contribution in [0.3, 0.4) is 0 Å². The van der Waals surface area contributed by atoms with Crippen LogP contribution >= 0.6 is 12.4 Å². The number of hydrogen-bond acceptors (Lipinski definition) is 5. The zero-order valence-corrected chi connectivity index (χ0v) is 14.5. The molecule has 132 valence electrons. The quantitative estimate of drug-likeness (QED) is 0.776. The van der Waals surface area contributed by atoms with Gasteiger partial charge in [-0.3, -0.25) is 4.79 Å². The van der Waals surface area contributed by atoms with Gasteiger partial charge in [0, 0.05) is 19.0 Å². The van der Waals surface area contributed by atoms with E-state index in [0.29, 0.717) is 25.2 Å². The van der Waals surface area contributed by atoms with Crippen molar-refractivity contribution in [2.45, 2.75) is 38.8 Å². The molecule has 0 saturated carbocycles. The molecule has 1 heterocycles. The summed E-state index contributed by atoms with van der Waals surface area (Å²) < 4.78 is 14.5. The molecule has 2 unspecified atom stereocenters. The molecular weight excluding hydrogens is 335 g/mol. The summed E-state index contributed by atoms with van der Waals surface area (Å²) in [7, 11) is 0. The molecule has 0 saturated heterocycles. The van der Waals surface area contributed by atoms with Crippen LogP contribution in [0.2, 0.25) is 0 Å². The van der Waals surface area contributed by atoms with Gasteiger partial charge >= 0.3 is 0 Å². The number of carbonyl (C=O) groups excluding carboxylic acids is 1. The number of rotatable bonds is 7. The third kappa shape index (κ3) is 5.54. The van der Waals surface area contributed by atoms with Crippen molar-refractivity contribution in [3.8, 4) is 0 Å². The van der Waals surface area contributed by atoms with E-state index in [0.717, 1.165) is 5.56 Å². The van der Waals surface area contributed by atoms with Gasteiger partial charge in [0.2, 0.25) is 5.91 Å². The summed E-state index contributed by atoms with van der Waals surface area (Å²) in [6.07, 6.45) is 1.06. The van der Waals surface area contributed by atoms with Gasteiger partial charge in [-0.15, -0.1) is 17.5 Å². The third-order valence-corrected chi connectivity index (χ3v) is 3.50. The van der Waals surface area contributed by atoms with E-state index >= 15 is 0 Å². The van der Waals surface area contributed by atoms with Crippen LogP contribution in [0, 0.1) is 12.7 Å². The van der Waals surface area contributed by atoms with E-state index in [9.17, 15) is 9.18 Å². The number of amides is 1. The maximum Gasteiger partial charge on any atom is 0.245 e. The first-order chi connectivity index (χ1) is 11.0. The number of aromatic nitrogens is 4. The number of hydrogen-bond donors (Lipinski definition) is 2. The largest absolute Gasteiger partial charge is 0.354 e. The second kappa shape index (κ2) is 9.29. The number of nitrogens with two attached hydrogens (primary N) is 1. The number of tetrazole rings is 1. The van der Waals surface area contributed by atoms with Crippen molar-refractivity contribution >= 4 is 18.3 Å². The molecule has 2 aromatic rings. The summed E-state index contributed by atoms with van der Waals surface area (Å²) in [5.41, 5.74) is 6.51. The van der Waals surface area contributed by atoms with E-state index in [4.69, 9.17) is 5.73 Å². The minimum atomic E-state index is -0.594. The number of halogens is 2. The molecular formula is C15H22ClFN6O. The smallest absolute Gasteiger partial charge is 0.245 e. The Morgan fingerprint density at radius 3 is 2.58 bits per heavy atom. The van der Waals surface area contributed by atoms with Crippen LogP contribution in [-0.2, 0) is 11.2 Å². The Balaban J connectivity index is 0.00000288. The molecule has 3 N–H and O–H groups in total. The van der Waals surface area contributed by atoms with Crippen LogP contribution in [0.4, 0.5) is 4.39 Å². The van der Waals surface area contributed by atoms with Gasteiger partial charge < -0.3 is 11.1 Å². The number of nitrogens with zero attached hydrogens (tertiary/aromatic N) is 4. The van der Waals surface area contributed by atoms with Crippen molar-refractivity contribution in [3.63, 3.8) is 0 Å². The normalized spacial score (nSPS) is 13.0. The van der Waals surface area contributed by atoms with Crippen LogP contribution in [0.15, 0.2) is 24.3 Å². The first-order valence-electron chi connectivity index (χ1n) is 7.49. The fraction of sp³-hybridized carbons (Fsp3) is 0.467. The molecule has 0 aliphatic heterocycles. The van der Waals surface area contributed by atoms with Gasteiger partial charge in [0.15, 0.2) is 0 Å². The number of benzene rings is 1. The van der Waals surface area contributed by atoms with E-state index in [2.05, 4.69) is 20.8 Å². The van der Waals surface area contributed by atoms with Crippen LogP contribution in [0.25, 0.3) is 0 Å². The average Bonchev–Trinajstić information content (AvgIpc) is 2.92. The van der Waals surface area contributed by atoms with Crippen molar-refractivity contribution in [1.29, 1.82) is 0 Å². The maximum atomic E-state index is 13.0. The lowest BCUT2D eigenvalue weighted by Gasteiger charge is -2.18. The van der Waals surface area contributed by atoms with E-state index < -0.39 is 6.04 Å². The monoisotopic (exact) mass is 356 g/mol. The Labute approximate surface area is 146 Å². The minimum Gasteiger partial charge on any atom is -0.354 e. The highest BCUT2D eigenvalue weighted by atomic mass is 35.5. The highest BCUT2D eigenvalue weighted by Gasteiger charge is 2.24. The first kappa shape index (κ1) is 20.0. The third-order valence-electron chi connectivity index (χ3n) is 3.50. The number of aryl methyl sites for hydroxylation is 1. The van der Waals surface area contributed by atoms with Gasteiger partial charge in [-0.25, -0.2) is 9.07 Å². The summed E-state index contributed by atoms with van der Waals surface area (Å²) in [4.78, 5) is 12.5. The van der Waals surface area contributed by atoms with Gasteiger partial charge in [0.25, 0.3) is 0 Å². The Bertz CT molecular complexity index is 646. The van der Waals surface area contributed by atoms with Crippen molar-refractivity contribution in [2.24, 2.45) is 5.73 Å². The molecule has 0 radical (unpaired) electrons. The lowest BCUT2D eigenvalue weighted by atomic mass is 10.0. The van der Waals surface area contributed by atoms with E-state index in [1.54, 1.807) is 19.1 Å². The molecule has 2 rings (SSSR count). The van der Waals surface area contributed by atoms with Crippen molar-refractivity contribution in [3.05, 3.63) is 41.5 Å². The van der Waals surface area contributed by atoms with Crippen molar-refractivity contribution < 1.29 is 9.18 Å². The average molecular weight is 357 g/mol. The molecule has 1 aromatic carbocycles. The number of carbonyl (C=O) groups is 1. The molecule has 0 aliphatic carbocycles. The second-order valence-corrected chi connectivity index (χ2v) is 5.57. The predicted molar refractivity (Wildman–Crippen MR) is 90.2 cm³/mol. The number of nitrogens with one attached hydrogen (secondary N) is 1. The SMILES string of the molecule is Cc1nnnn1C(Cc1ccc(F)cc1)C(=O)NCCC(C)N.Cl. The highest BCUT2D eigenvalue weighted by Crippen LogP contribution is 2.15. The molecule has 9 heteroatoms. The Hall–Kier alpha value is -2.06. The molecule has 2 atom stereocenters. The lowest BCUT2D eigenvalue weighted by molar-refractivity contribution is -0.124. The summed E-state index contributed by atoms with van der Waals surface area (Å²) in [5.74, 6) is 0.0371. The van der Waals surface area contributed by atoms with Crippen molar-refractivity contribution in [1.82, 2.24) is 25.5 Å². The topological polar surface area (TPSA) is 98.7 Å². The van der Waals surface area contributed by atoms with Crippen LogP contribution in [0.5, 0.6) is 0 Å². The van der Waals surface area contributed by atoms with Gasteiger partial charge in [0.1, 0.15) is 17.7 Å². The van der Waals surface area contributed by atoms with E-state index in [1.807, 2.05) is 6.92 Å². The molecule has 0 bridgehead atoms. The summed E-state index contributed by atoms with van der Waals surface area (Å²) in [5, 5.41) is 14.2. The van der Waals surface area contributed by atoms with E-state index in [1.165, 1.54) is 16.8 Å². The Kier molecular flexibility index (Phi) is 7.73. The molecule has 1 aromatic heterocycles. The zero-order chi connectivity index (χ0) is 16.8. The molecule has 24 heavy (non-hydrogen) atoms. The molecule has 1 amide bonds. The highest BCUT2D eigenvalue weighted by molar-refractivity contribution is 5.85. The maximum absolute atomic E-state index is 13.0. The Morgan fingerprint density at radius 2 is 2.04 bits per heavy atom. The summed E-state index contributed by atoms with van der Waals surface area (Å²) in [6.45, 7) is 4.10. The van der Waals surface area contributed by atoms with Gasteiger partial charge in [-0.1, -0.05) is 12.1 Å². The fourth-order valence-electron chi connectivity index (χ4n) is 2.20. The molecule has 0 fully saturated rings. The van der Waals surface area contributed by atoms with Crippen molar-refractivity contribution in [2.75, 3.05) is 6.54 Å². The Morgan fingerprint density at radius 1 is 1.38 bits per heavy atom. The summed E-state index contributed by atoms with van der Waals surface area (Å²) in [6, 6.07) is 5.46. The fourth-order valence-corrected chi connectivity index (χ4v) is 2.20. The standard InChI is InChI=1S/C15H21FN6O.ClH/c1-10(17)7-8-18-15(23)14(22-11(2)19-20-21-22)9-12-3-5-13(16)6-4-12;/h3-6,10,14H,7-9,17H2,1-2H3,(H,18,23);1H. The summed E-state index contributed by atoms with van der Waals surface area (Å²) >= 11 is 0. The second-order valence-electron chi connectivity index (χ2n) is 5.57. The van der Waals surface area contributed by atoms with Gasteiger partial charge in [-0.05, 0) is 48.4 Å². The molecule has 0 spiro atoms. The van der Waals surface area contributed by atoms with Crippen LogP contribution in [-0.4, -0.2) is 38.7 Å². The van der Waals surface area contributed by atoms with Gasteiger partial charge in [0.05, 0.1) is 0 Å².